The van der Waals surface area contributed by atoms with Crippen molar-refractivity contribution in [1.29, 1.82) is 0 Å². The van der Waals surface area contributed by atoms with Crippen LogP contribution in [0.5, 0.6) is 0 Å². The maximum Gasteiger partial charge on any atom is 0.263 e. The molecule has 0 spiro atoms. The van der Waals surface area contributed by atoms with Crippen LogP contribution in [0, 0.1) is 0 Å². The minimum atomic E-state index is -3.79. The van der Waals surface area contributed by atoms with E-state index in [2.05, 4.69) is 42.7 Å². The summed E-state index contributed by atoms with van der Waals surface area (Å²) in [5.74, 6) is 0.321. The Balaban J connectivity index is 1.71. The van der Waals surface area contributed by atoms with Crippen molar-refractivity contribution in [2.24, 2.45) is 0 Å². The fraction of sp³-hybridized carbons (Fsp3) is 0.208. The Kier molecular flexibility index (Phi) is 5.54. The van der Waals surface area contributed by atoms with E-state index < -0.39 is 10.0 Å². The highest BCUT2D eigenvalue weighted by Gasteiger charge is 2.20. The highest BCUT2D eigenvalue weighted by atomic mass is 35.5. The van der Waals surface area contributed by atoms with Crippen LogP contribution in [0.25, 0.3) is 11.1 Å². The van der Waals surface area contributed by atoms with E-state index in [-0.39, 0.29) is 10.3 Å². The van der Waals surface area contributed by atoms with Crippen molar-refractivity contribution in [2.45, 2.75) is 37.5 Å². The van der Waals surface area contributed by atoms with Crippen molar-refractivity contribution in [2.75, 3.05) is 4.72 Å². The third-order valence-electron chi connectivity index (χ3n) is 5.13. The van der Waals surface area contributed by atoms with Crippen molar-refractivity contribution in [1.82, 2.24) is 9.61 Å². The molecule has 0 saturated carbocycles. The van der Waals surface area contributed by atoms with E-state index in [9.17, 15) is 8.42 Å². The average Bonchev–Trinajstić information content (AvgIpc) is 2.99. The smallest absolute Gasteiger partial charge is 0.263 e. The van der Waals surface area contributed by atoms with Gasteiger partial charge in [0.25, 0.3) is 10.0 Å². The van der Waals surface area contributed by atoms with E-state index in [1.807, 2.05) is 36.4 Å². The summed E-state index contributed by atoms with van der Waals surface area (Å²) >= 11 is 6.37. The molecule has 5 nitrogen and oxygen atoms in total. The van der Waals surface area contributed by atoms with Gasteiger partial charge in [0, 0.05) is 0 Å². The number of allylic oxidation sites excluding steroid dienone is 6. The molecule has 4 rings (SSSR count). The van der Waals surface area contributed by atoms with Gasteiger partial charge in [-0.1, -0.05) is 74.9 Å². The van der Waals surface area contributed by atoms with Gasteiger partial charge in [-0.05, 0) is 53.3 Å². The number of rotatable bonds is 4. The van der Waals surface area contributed by atoms with Gasteiger partial charge in [0.15, 0.2) is 0 Å². The monoisotopic (exact) mass is 453 g/mol. The highest BCUT2D eigenvalue weighted by Crippen LogP contribution is 2.28. The molecule has 1 aromatic carbocycles. The number of hydrogen-bond donors (Lipinski definition) is 1. The SMILES string of the molecule is CC(C)(C)c1ccc(S(=O)(=O)Nc2ccc(Cl)c3cc(C4=CCC=CC=C4)nn23)cc1. The average molecular weight is 454 g/mol. The molecule has 2 aromatic heterocycles. The molecule has 0 radical (unpaired) electrons. The van der Waals surface area contributed by atoms with Gasteiger partial charge in [-0.2, -0.15) is 5.10 Å². The molecular formula is C24H24ClN3O2S. The Morgan fingerprint density at radius 1 is 1.06 bits per heavy atom. The van der Waals surface area contributed by atoms with Crippen LogP contribution in [-0.2, 0) is 15.4 Å². The van der Waals surface area contributed by atoms with Crippen molar-refractivity contribution < 1.29 is 8.42 Å². The largest absolute Gasteiger partial charge is 0.263 e. The van der Waals surface area contributed by atoms with Crippen LogP contribution in [0.3, 0.4) is 0 Å². The van der Waals surface area contributed by atoms with E-state index in [1.165, 1.54) is 4.52 Å². The molecule has 0 atom stereocenters. The van der Waals surface area contributed by atoms with Gasteiger partial charge in [-0.3, -0.25) is 4.72 Å². The lowest BCUT2D eigenvalue weighted by atomic mass is 9.87. The molecule has 2 heterocycles. The molecule has 3 aromatic rings. The lowest BCUT2D eigenvalue weighted by Gasteiger charge is -2.19. The van der Waals surface area contributed by atoms with Crippen molar-refractivity contribution in [3.05, 3.63) is 89.1 Å². The molecule has 31 heavy (non-hydrogen) atoms. The third-order valence-corrected chi connectivity index (χ3v) is 6.82. The summed E-state index contributed by atoms with van der Waals surface area (Å²) in [5.41, 5.74) is 3.32. The first-order chi connectivity index (χ1) is 14.6. The first-order valence-corrected chi connectivity index (χ1v) is 11.9. The summed E-state index contributed by atoms with van der Waals surface area (Å²) in [7, 11) is -3.79. The zero-order chi connectivity index (χ0) is 22.2. The first-order valence-electron chi connectivity index (χ1n) is 10.0. The molecule has 160 valence electrons. The molecule has 0 saturated heterocycles. The summed E-state index contributed by atoms with van der Waals surface area (Å²) in [4.78, 5) is 0.191. The second-order valence-electron chi connectivity index (χ2n) is 8.46. The number of halogens is 1. The quantitative estimate of drug-likeness (QED) is 0.528. The molecule has 0 fully saturated rings. The molecule has 0 bridgehead atoms. The van der Waals surface area contributed by atoms with Gasteiger partial charge in [0.2, 0.25) is 0 Å². The number of hydrogen-bond acceptors (Lipinski definition) is 3. The molecule has 1 aliphatic carbocycles. The van der Waals surface area contributed by atoms with E-state index in [0.717, 1.165) is 23.3 Å². The number of fused-ring (bicyclic) bond motifs is 1. The maximum absolute atomic E-state index is 13.0. The number of pyridine rings is 1. The number of nitrogens with one attached hydrogen (secondary N) is 1. The van der Waals surface area contributed by atoms with Crippen molar-refractivity contribution >= 4 is 38.5 Å². The zero-order valence-electron chi connectivity index (χ0n) is 17.6. The van der Waals surface area contributed by atoms with Crippen LogP contribution in [0.15, 0.2) is 77.7 Å². The number of benzene rings is 1. The molecule has 0 amide bonds. The van der Waals surface area contributed by atoms with Crippen molar-refractivity contribution in [3.63, 3.8) is 0 Å². The summed E-state index contributed by atoms with van der Waals surface area (Å²) < 4.78 is 30.2. The van der Waals surface area contributed by atoms with Gasteiger partial charge in [0.05, 0.1) is 21.1 Å². The normalized spacial score (nSPS) is 14.5. The predicted molar refractivity (Wildman–Crippen MR) is 127 cm³/mol. The van der Waals surface area contributed by atoms with Gasteiger partial charge in [-0.15, -0.1) is 0 Å². The van der Waals surface area contributed by atoms with Crippen LogP contribution >= 0.6 is 11.6 Å². The second-order valence-corrected chi connectivity index (χ2v) is 10.5. The lowest BCUT2D eigenvalue weighted by molar-refractivity contribution is 0.587. The maximum atomic E-state index is 13.0. The minimum Gasteiger partial charge on any atom is -0.263 e. The number of nitrogens with zero attached hydrogens (tertiary/aromatic N) is 2. The van der Waals surface area contributed by atoms with Crippen LogP contribution < -0.4 is 4.72 Å². The third kappa shape index (κ3) is 4.45. The fourth-order valence-electron chi connectivity index (χ4n) is 3.36. The van der Waals surface area contributed by atoms with Crippen LogP contribution in [0.2, 0.25) is 5.02 Å². The zero-order valence-corrected chi connectivity index (χ0v) is 19.2. The summed E-state index contributed by atoms with van der Waals surface area (Å²) in [6, 6.07) is 12.1. The minimum absolute atomic E-state index is 0.0554. The van der Waals surface area contributed by atoms with Crippen LogP contribution in [-0.4, -0.2) is 18.0 Å². The fourth-order valence-corrected chi connectivity index (χ4v) is 4.60. The van der Waals surface area contributed by atoms with Gasteiger partial charge >= 0.3 is 0 Å². The molecule has 0 unspecified atom stereocenters. The summed E-state index contributed by atoms with van der Waals surface area (Å²) in [6.45, 7) is 6.26. The Hall–Kier alpha value is -2.83. The van der Waals surface area contributed by atoms with Gasteiger partial charge in [0.1, 0.15) is 5.82 Å². The van der Waals surface area contributed by atoms with Gasteiger partial charge < -0.3 is 0 Å². The topological polar surface area (TPSA) is 63.5 Å². The number of aromatic nitrogens is 2. The Labute approximate surface area is 187 Å². The Morgan fingerprint density at radius 3 is 2.52 bits per heavy atom. The first kappa shape index (κ1) is 21.4. The second kappa shape index (κ2) is 8.02. The highest BCUT2D eigenvalue weighted by molar-refractivity contribution is 7.92. The molecule has 1 N–H and O–H groups in total. The van der Waals surface area contributed by atoms with E-state index >= 15 is 0 Å². The lowest BCUT2D eigenvalue weighted by Crippen LogP contribution is -2.16. The molecule has 1 aliphatic rings. The van der Waals surface area contributed by atoms with E-state index in [0.29, 0.717) is 16.4 Å². The number of anilines is 1. The van der Waals surface area contributed by atoms with Crippen molar-refractivity contribution in [3.8, 4) is 0 Å². The van der Waals surface area contributed by atoms with E-state index in [1.54, 1.807) is 24.3 Å². The predicted octanol–water partition coefficient (Wildman–Crippen LogP) is 5.99. The molecule has 7 heteroatoms. The molecule has 0 aliphatic heterocycles. The Morgan fingerprint density at radius 2 is 1.81 bits per heavy atom. The molecular weight excluding hydrogens is 430 g/mol. The van der Waals surface area contributed by atoms with E-state index in [4.69, 9.17) is 11.6 Å². The van der Waals surface area contributed by atoms with Crippen LogP contribution in [0.4, 0.5) is 5.82 Å². The van der Waals surface area contributed by atoms with Crippen LogP contribution in [0.1, 0.15) is 38.4 Å². The number of sulfonamides is 1. The summed E-state index contributed by atoms with van der Waals surface area (Å²) in [6.07, 6.45) is 10.8. The Bertz CT molecular complexity index is 1330. The van der Waals surface area contributed by atoms with Gasteiger partial charge in [-0.25, -0.2) is 12.9 Å². The standard InChI is InChI=1S/C24H24ClN3O2S/c1-24(2,3)18-10-12-19(13-11-18)31(29,30)27-23-15-14-20(25)22-16-21(26-28(22)23)17-8-6-4-5-7-9-17/h4-6,8-16,27H,7H2,1-3H3. The summed E-state index contributed by atoms with van der Waals surface area (Å²) in [5, 5.41) is 5.11.